The average molecular weight is 318 g/mol. The van der Waals surface area contributed by atoms with Crippen molar-refractivity contribution in [2.24, 2.45) is 0 Å². The molecule has 1 aromatic heterocycles. The van der Waals surface area contributed by atoms with Crippen molar-refractivity contribution in [3.05, 3.63) is 40.3 Å². The minimum Gasteiger partial charge on any atom is -0.378 e. The molecular weight excluding hydrogens is 296 g/mol. The Kier molecular flexibility index (Phi) is 5.51. The fourth-order valence-corrected chi connectivity index (χ4v) is 2.90. The summed E-state index contributed by atoms with van der Waals surface area (Å²) in [6.07, 6.45) is 0.305. The minimum atomic E-state index is -0.0423. The number of aromatic nitrogens is 1. The first-order valence-corrected chi connectivity index (χ1v) is 7.97. The average Bonchev–Trinajstić information content (AvgIpc) is 2.85. The molecule has 0 saturated carbocycles. The maximum atomic E-state index is 12.1. The third-order valence-electron chi connectivity index (χ3n) is 3.06. The Bertz CT molecular complexity index is 619. The number of anilines is 2. The Hall–Kier alpha value is -1.92. The van der Waals surface area contributed by atoms with Gasteiger partial charge in [0.2, 0.25) is 5.91 Å². The standard InChI is InChI=1S/C16H22N4OS/c1-19(2)10-16-18-13(11-22-16)9-15(21)17-12-5-7-14(8-6-12)20(3)4/h5-8,11H,9-10H2,1-4H3,(H,17,21). The Labute approximate surface area is 135 Å². The molecule has 0 radical (unpaired) electrons. The van der Waals surface area contributed by atoms with Crippen molar-refractivity contribution in [1.29, 1.82) is 0 Å². The van der Waals surface area contributed by atoms with Crippen molar-refractivity contribution < 1.29 is 4.79 Å². The number of carbonyl (C=O) groups excluding carboxylic acids is 1. The van der Waals surface area contributed by atoms with Crippen molar-refractivity contribution in [1.82, 2.24) is 9.88 Å². The van der Waals surface area contributed by atoms with Crippen LogP contribution in [0.4, 0.5) is 11.4 Å². The van der Waals surface area contributed by atoms with Gasteiger partial charge in [-0.3, -0.25) is 4.79 Å². The van der Waals surface area contributed by atoms with Gasteiger partial charge in [0, 0.05) is 37.4 Å². The summed E-state index contributed by atoms with van der Waals surface area (Å²) in [7, 11) is 7.98. The van der Waals surface area contributed by atoms with E-state index in [-0.39, 0.29) is 5.91 Å². The fraction of sp³-hybridized carbons (Fsp3) is 0.375. The molecule has 118 valence electrons. The molecule has 0 bridgehead atoms. The Balaban J connectivity index is 1.91. The molecule has 2 aromatic rings. The van der Waals surface area contributed by atoms with E-state index in [0.29, 0.717) is 6.42 Å². The molecule has 0 aliphatic heterocycles. The van der Waals surface area contributed by atoms with Gasteiger partial charge >= 0.3 is 0 Å². The van der Waals surface area contributed by atoms with Crippen LogP contribution in [0.25, 0.3) is 0 Å². The monoisotopic (exact) mass is 318 g/mol. The lowest BCUT2D eigenvalue weighted by Crippen LogP contribution is -2.15. The van der Waals surface area contributed by atoms with Crippen molar-refractivity contribution in [3.63, 3.8) is 0 Å². The van der Waals surface area contributed by atoms with E-state index in [0.717, 1.165) is 28.6 Å². The lowest BCUT2D eigenvalue weighted by molar-refractivity contribution is -0.115. The van der Waals surface area contributed by atoms with E-state index in [4.69, 9.17) is 0 Å². The molecule has 22 heavy (non-hydrogen) atoms. The molecule has 0 unspecified atom stereocenters. The number of benzene rings is 1. The van der Waals surface area contributed by atoms with Gasteiger partial charge in [0.05, 0.1) is 12.1 Å². The Morgan fingerprint density at radius 3 is 2.45 bits per heavy atom. The van der Waals surface area contributed by atoms with Gasteiger partial charge in [-0.05, 0) is 38.4 Å². The van der Waals surface area contributed by atoms with Gasteiger partial charge in [0.15, 0.2) is 0 Å². The molecule has 1 heterocycles. The lowest BCUT2D eigenvalue weighted by atomic mass is 10.2. The first-order chi connectivity index (χ1) is 10.4. The van der Waals surface area contributed by atoms with Gasteiger partial charge < -0.3 is 15.1 Å². The molecule has 0 atom stereocenters. The van der Waals surface area contributed by atoms with Gasteiger partial charge in [-0.15, -0.1) is 11.3 Å². The molecule has 1 amide bonds. The van der Waals surface area contributed by atoms with Crippen LogP contribution in [0, 0.1) is 0 Å². The second-order valence-corrected chi connectivity index (χ2v) is 6.58. The van der Waals surface area contributed by atoms with Crippen molar-refractivity contribution >= 4 is 28.6 Å². The van der Waals surface area contributed by atoms with E-state index in [9.17, 15) is 4.79 Å². The molecule has 5 nitrogen and oxygen atoms in total. The summed E-state index contributed by atoms with van der Waals surface area (Å²) >= 11 is 1.59. The summed E-state index contributed by atoms with van der Waals surface area (Å²) in [5, 5.41) is 5.89. The molecule has 2 rings (SSSR count). The normalized spacial score (nSPS) is 10.8. The van der Waals surface area contributed by atoms with Crippen molar-refractivity contribution in [3.8, 4) is 0 Å². The van der Waals surface area contributed by atoms with Crippen LogP contribution in [-0.4, -0.2) is 44.0 Å². The maximum Gasteiger partial charge on any atom is 0.230 e. The van der Waals surface area contributed by atoms with Crippen LogP contribution in [0.15, 0.2) is 29.6 Å². The molecule has 1 aromatic carbocycles. The smallest absolute Gasteiger partial charge is 0.230 e. The Morgan fingerprint density at radius 2 is 1.86 bits per heavy atom. The summed E-state index contributed by atoms with van der Waals surface area (Å²) < 4.78 is 0. The van der Waals surface area contributed by atoms with Gasteiger partial charge in [-0.2, -0.15) is 0 Å². The second-order valence-electron chi connectivity index (χ2n) is 5.64. The van der Waals surface area contributed by atoms with Gasteiger partial charge in [-0.1, -0.05) is 0 Å². The minimum absolute atomic E-state index is 0.0423. The number of amides is 1. The maximum absolute atomic E-state index is 12.1. The highest BCUT2D eigenvalue weighted by molar-refractivity contribution is 7.09. The molecule has 0 saturated heterocycles. The zero-order valence-electron chi connectivity index (χ0n) is 13.5. The summed E-state index contributed by atoms with van der Waals surface area (Å²) in [5.41, 5.74) is 2.73. The molecular formula is C16H22N4OS. The summed E-state index contributed by atoms with van der Waals surface area (Å²) in [5.74, 6) is -0.0423. The fourth-order valence-electron chi connectivity index (χ4n) is 1.99. The molecule has 1 N–H and O–H groups in total. The third-order valence-corrected chi connectivity index (χ3v) is 3.94. The largest absolute Gasteiger partial charge is 0.378 e. The zero-order valence-corrected chi connectivity index (χ0v) is 14.3. The molecule has 0 fully saturated rings. The van der Waals surface area contributed by atoms with Crippen LogP contribution in [0.5, 0.6) is 0 Å². The highest BCUT2D eigenvalue weighted by Crippen LogP contribution is 2.16. The quantitative estimate of drug-likeness (QED) is 0.889. The van der Waals surface area contributed by atoms with Gasteiger partial charge in [0.1, 0.15) is 5.01 Å². The molecule has 0 aliphatic rings. The number of thiazole rings is 1. The topological polar surface area (TPSA) is 48.5 Å². The summed E-state index contributed by atoms with van der Waals surface area (Å²) in [4.78, 5) is 20.6. The Morgan fingerprint density at radius 1 is 1.18 bits per heavy atom. The van der Waals surface area contributed by atoms with E-state index in [1.807, 2.05) is 62.7 Å². The lowest BCUT2D eigenvalue weighted by Gasteiger charge is -2.12. The highest BCUT2D eigenvalue weighted by atomic mass is 32.1. The van der Waals surface area contributed by atoms with Crippen LogP contribution in [0.3, 0.4) is 0 Å². The predicted octanol–water partition coefficient (Wildman–Crippen LogP) is 2.45. The number of hydrogen-bond acceptors (Lipinski definition) is 5. The molecule has 0 spiro atoms. The zero-order chi connectivity index (χ0) is 16.1. The van der Waals surface area contributed by atoms with E-state index >= 15 is 0 Å². The van der Waals surface area contributed by atoms with E-state index in [2.05, 4.69) is 15.2 Å². The number of nitrogens with zero attached hydrogens (tertiary/aromatic N) is 3. The number of nitrogens with one attached hydrogen (secondary N) is 1. The van der Waals surface area contributed by atoms with E-state index in [1.54, 1.807) is 11.3 Å². The number of hydrogen-bond donors (Lipinski definition) is 1. The molecule has 0 aliphatic carbocycles. The van der Waals surface area contributed by atoms with Crippen LogP contribution in [-0.2, 0) is 17.8 Å². The highest BCUT2D eigenvalue weighted by Gasteiger charge is 2.09. The predicted molar refractivity (Wildman–Crippen MR) is 92.6 cm³/mol. The third kappa shape index (κ3) is 4.82. The van der Waals surface area contributed by atoms with Crippen LogP contribution < -0.4 is 10.2 Å². The summed E-state index contributed by atoms with van der Waals surface area (Å²) in [6.45, 7) is 0.804. The van der Waals surface area contributed by atoms with Crippen LogP contribution in [0.2, 0.25) is 0 Å². The van der Waals surface area contributed by atoms with Crippen molar-refractivity contribution in [2.45, 2.75) is 13.0 Å². The first-order valence-electron chi connectivity index (χ1n) is 7.09. The summed E-state index contributed by atoms with van der Waals surface area (Å²) in [6, 6.07) is 7.78. The number of carbonyl (C=O) groups is 1. The van der Waals surface area contributed by atoms with Crippen LogP contribution in [0.1, 0.15) is 10.7 Å². The van der Waals surface area contributed by atoms with Gasteiger partial charge in [-0.25, -0.2) is 4.98 Å². The van der Waals surface area contributed by atoms with E-state index in [1.165, 1.54) is 0 Å². The van der Waals surface area contributed by atoms with E-state index < -0.39 is 0 Å². The second kappa shape index (κ2) is 7.38. The number of rotatable bonds is 6. The molecule has 6 heteroatoms. The van der Waals surface area contributed by atoms with Gasteiger partial charge in [0.25, 0.3) is 0 Å². The first kappa shape index (κ1) is 16.5. The van der Waals surface area contributed by atoms with Crippen molar-refractivity contribution in [2.75, 3.05) is 38.4 Å². The SMILES string of the molecule is CN(C)Cc1nc(CC(=O)Nc2ccc(N(C)C)cc2)cs1. The van der Waals surface area contributed by atoms with Crippen LogP contribution >= 0.6 is 11.3 Å².